The molecule has 1 aromatic carbocycles. The molecule has 0 aliphatic heterocycles. The maximum atomic E-state index is 12.0. The van der Waals surface area contributed by atoms with Gasteiger partial charge >= 0.3 is 5.97 Å². The van der Waals surface area contributed by atoms with Crippen molar-refractivity contribution >= 4 is 28.0 Å². The van der Waals surface area contributed by atoms with Gasteiger partial charge in [0.2, 0.25) is 0 Å². The number of ether oxygens (including phenoxy) is 1. The van der Waals surface area contributed by atoms with E-state index in [1.165, 1.54) is 0 Å². The van der Waals surface area contributed by atoms with Gasteiger partial charge in [0.1, 0.15) is 5.54 Å². The smallest absolute Gasteiger partial charge is 0.326 e. The molecule has 0 spiro atoms. The first-order chi connectivity index (χ1) is 9.48. The number of hydrogen-bond acceptors (Lipinski definition) is 3. The molecular formula is C16H20BrNO2. The summed E-state index contributed by atoms with van der Waals surface area (Å²) in [7, 11) is 0. The maximum Gasteiger partial charge on any atom is 0.326 e. The number of carbonyl (C=O) groups excluding carboxylic acids is 1. The fraction of sp³-hybridized carbons (Fsp3) is 0.312. The molecule has 3 nitrogen and oxygen atoms in total. The number of halogens is 1. The zero-order chi connectivity index (χ0) is 15.0. The van der Waals surface area contributed by atoms with E-state index in [2.05, 4.69) is 22.5 Å². The summed E-state index contributed by atoms with van der Waals surface area (Å²) in [5, 5.41) is 0. The Morgan fingerprint density at radius 1 is 1.45 bits per heavy atom. The topological polar surface area (TPSA) is 52.3 Å². The highest BCUT2D eigenvalue weighted by Gasteiger charge is 2.34. The zero-order valence-electron chi connectivity index (χ0n) is 11.6. The Morgan fingerprint density at radius 2 is 2.10 bits per heavy atom. The Balaban J connectivity index is 2.77. The molecule has 0 saturated heterocycles. The fourth-order valence-corrected chi connectivity index (χ4v) is 2.31. The fourth-order valence-electron chi connectivity index (χ4n) is 1.81. The predicted octanol–water partition coefficient (Wildman–Crippen LogP) is 3.65. The van der Waals surface area contributed by atoms with Crippen molar-refractivity contribution in [1.29, 1.82) is 0 Å². The molecule has 0 saturated carbocycles. The van der Waals surface area contributed by atoms with Gasteiger partial charge in [-0.25, -0.2) is 0 Å². The molecule has 20 heavy (non-hydrogen) atoms. The quantitative estimate of drug-likeness (QED) is 0.772. The van der Waals surface area contributed by atoms with Crippen LogP contribution in [-0.2, 0) is 9.53 Å². The molecule has 0 radical (unpaired) electrons. The number of benzene rings is 1. The number of nitrogens with two attached hydrogens (primary N) is 1. The summed E-state index contributed by atoms with van der Waals surface area (Å²) in [5.74, 6) is -0.404. The standard InChI is InChI=1S/C16H20BrNO2/c1-3-20-15(19)16(18,12-13(2)17)11-7-10-14-8-5-4-6-9-14/h4-10H,2-3,11-12,18H2,1H3/b10-7+. The van der Waals surface area contributed by atoms with Crippen LogP contribution in [0.2, 0.25) is 0 Å². The molecular weight excluding hydrogens is 318 g/mol. The van der Waals surface area contributed by atoms with E-state index in [0.29, 0.717) is 23.9 Å². The van der Waals surface area contributed by atoms with Crippen molar-refractivity contribution in [3.63, 3.8) is 0 Å². The Bertz CT molecular complexity index is 485. The van der Waals surface area contributed by atoms with Crippen LogP contribution < -0.4 is 5.73 Å². The second-order valence-corrected chi connectivity index (χ2v) is 5.71. The van der Waals surface area contributed by atoms with Crippen LogP contribution in [0.4, 0.5) is 0 Å². The van der Waals surface area contributed by atoms with Crippen LogP contribution in [0.1, 0.15) is 25.3 Å². The van der Waals surface area contributed by atoms with Gasteiger partial charge in [-0.1, -0.05) is 65.0 Å². The Hall–Kier alpha value is -1.39. The monoisotopic (exact) mass is 337 g/mol. The molecule has 1 atom stereocenters. The minimum atomic E-state index is -1.08. The van der Waals surface area contributed by atoms with Crippen molar-refractivity contribution in [2.24, 2.45) is 5.73 Å². The van der Waals surface area contributed by atoms with Gasteiger partial charge in [-0.2, -0.15) is 0 Å². The molecule has 0 fully saturated rings. The highest BCUT2D eigenvalue weighted by atomic mass is 79.9. The van der Waals surface area contributed by atoms with E-state index in [-0.39, 0.29) is 0 Å². The highest BCUT2D eigenvalue weighted by Crippen LogP contribution is 2.23. The van der Waals surface area contributed by atoms with Crippen molar-refractivity contribution in [2.75, 3.05) is 6.61 Å². The van der Waals surface area contributed by atoms with E-state index in [1.54, 1.807) is 6.92 Å². The van der Waals surface area contributed by atoms with E-state index in [4.69, 9.17) is 10.5 Å². The largest absolute Gasteiger partial charge is 0.465 e. The van der Waals surface area contributed by atoms with E-state index < -0.39 is 11.5 Å². The third-order valence-corrected chi connectivity index (χ3v) is 3.06. The number of rotatable bonds is 7. The second kappa shape index (κ2) is 8.02. The molecule has 0 aliphatic rings. The van der Waals surface area contributed by atoms with Crippen LogP contribution in [0, 0.1) is 0 Å². The highest BCUT2D eigenvalue weighted by molar-refractivity contribution is 9.11. The van der Waals surface area contributed by atoms with Crippen LogP contribution in [0.25, 0.3) is 6.08 Å². The summed E-state index contributed by atoms with van der Waals surface area (Å²) in [6.45, 7) is 5.83. The summed E-state index contributed by atoms with van der Waals surface area (Å²) in [6, 6.07) is 9.85. The first kappa shape index (κ1) is 16.7. The summed E-state index contributed by atoms with van der Waals surface area (Å²) < 4.78 is 5.73. The third-order valence-electron chi connectivity index (χ3n) is 2.78. The molecule has 0 aliphatic carbocycles. The van der Waals surface area contributed by atoms with E-state index in [1.807, 2.05) is 42.5 Å². The van der Waals surface area contributed by atoms with Crippen molar-refractivity contribution in [3.05, 3.63) is 53.0 Å². The van der Waals surface area contributed by atoms with E-state index in [0.717, 1.165) is 5.56 Å². The maximum absolute atomic E-state index is 12.0. The van der Waals surface area contributed by atoms with Crippen LogP contribution in [0.5, 0.6) is 0 Å². The van der Waals surface area contributed by atoms with Crippen molar-refractivity contribution in [1.82, 2.24) is 0 Å². The van der Waals surface area contributed by atoms with Crippen molar-refractivity contribution in [3.8, 4) is 0 Å². The average molecular weight is 338 g/mol. The second-order valence-electron chi connectivity index (χ2n) is 4.59. The number of carbonyl (C=O) groups is 1. The van der Waals surface area contributed by atoms with Crippen LogP contribution in [0.3, 0.4) is 0 Å². The van der Waals surface area contributed by atoms with Crippen LogP contribution in [0.15, 0.2) is 47.5 Å². The average Bonchev–Trinajstić information content (AvgIpc) is 2.39. The molecule has 108 valence electrons. The number of esters is 1. The molecule has 1 unspecified atom stereocenters. The van der Waals surface area contributed by atoms with Gasteiger partial charge in [0.25, 0.3) is 0 Å². The van der Waals surface area contributed by atoms with Crippen molar-refractivity contribution in [2.45, 2.75) is 25.3 Å². The lowest BCUT2D eigenvalue weighted by molar-refractivity contribution is -0.149. The zero-order valence-corrected chi connectivity index (χ0v) is 13.2. The van der Waals surface area contributed by atoms with Gasteiger partial charge in [0, 0.05) is 6.42 Å². The summed E-state index contributed by atoms with van der Waals surface area (Å²) >= 11 is 3.26. The van der Waals surface area contributed by atoms with Crippen LogP contribution in [-0.4, -0.2) is 18.1 Å². The molecule has 4 heteroatoms. The van der Waals surface area contributed by atoms with Crippen LogP contribution >= 0.6 is 15.9 Å². The molecule has 0 aromatic heterocycles. The minimum Gasteiger partial charge on any atom is -0.465 e. The van der Waals surface area contributed by atoms with Gasteiger partial charge in [-0.15, -0.1) is 0 Å². The lowest BCUT2D eigenvalue weighted by Gasteiger charge is -2.25. The Kier molecular flexibility index (Phi) is 6.68. The van der Waals surface area contributed by atoms with Gasteiger partial charge in [-0.05, 0) is 23.4 Å². The molecule has 2 N–H and O–H groups in total. The van der Waals surface area contributed by atoms with Gasteiger partial charge in [0.05, 0.1) is 6.61 Å². The molecule has 1 aromatic rings. The molecule has 0 heterocycles. The van der Waals surface area contributed by atoms with E-state index >= 15 is 0 Å². The number of hydrogen-bond donors (Lipinski definition) is 1. The first-order valence-electron chi connectivity index (χ1n) is 6.49. The molecule has 0 bridgehead atoms. The van der Waals surface area contributed by atoms with Gasteiger partial charge in [-0.3, -0.25) is 4.79 Å². The summed E-state index contributed by atoms with van der Waals surface area (Å²) in [6.07, 6.45) is 4.57. The first-order valence-corrected chi connectivity index (χ1v) is 7.28. The Morgan fingerprint density at radius 3 is 2.65 bits per heavy atom. The minimum absolute atomic E-state index is 0.314. The summed E-state index contributed by atoms with van der Waals surface area (Å²) in [5.41, 5.74) is 6.16. The normalized spacial score (nSPS) is 13.9. The lowest BCUT2D eigenvalue weighted by atomic mass is 9.92. The Labute approximate surface area is 128 Å². The third kappa shape index (κ3) is 5.31. The SMILES string of the molecule is C=C(Br)CC(N)(C/C=C/c1ccccc1)C(=O)OCC. The predicted molar refractivity (Wildman–Crippen MR) is 86.3 cm³/mol. The van der Waals surface area contributed by atoms with Gasteiger partial charge < -0.3 is 10.5 Å². The van der Waals surface area contributed by atoms with Gasteiger partial charge in [0.15, 0.2) is 0 Å². The molecule has 0 amide bonds. The molecule has 1 rings (SSSR count). The lowest BCUT2D eigenvalue weighted by Crippen LogP contribution is -2.48. The van der Waals surface area contributed by atoms with E-state index in [9.17, 15) is 4.79 Å². The summed E-state index contributed by atoms with van der Waals surface area (Å²) in [4.78, 5) is 12.0. The van der Waals surface area contributed by atoms with Crippen molar-refractivity contribution < 1.29 is 9.53 Å².